The Labute approximate surface area is 156 Å². The van der Waals surface area contributed by atoms with Gasteiger partial charge in [0.1, 0.15) is 0 Å². The number of benzene rings is 2. The second kappa shape index (κ2) is 6.85. The maximum atomic E-state index is 11.1. The molecule has 0 amide bonds. The van der Waals surface area contributed by atoms with E-state index in [1.807, 2.05) is 18.2 Å². The fourth-order valence-electron chi connectivity index (χ4n) is 2.57. The van der Waals surface area contributed by atoms with E-state index in [4.69, 9.17) is 5.11 Å². The van der Waals surface area contributed by atoms with E-state index in [1.54, 1.807) is 22.9 Å². The number of aryl methyl sites for hydroxylation is 1. The van der Waals surface area contributed by atoms with Crippen LogP contribution in [0, 0.1) is 0 Å². The molecule has 2 heterocycles. The number of para-hydroxylation sites is 1. The van der Waals surface area contributed by atoms with Gasteiger partial charge in [0.25, 0.3) is 0 Å². The van der Waals surface area contributed by atoms with Crippen LogP contribution in [0.2, 0.25) is 0 Å². The number of carboxylic acids is 1. The van der Waals surface area contributed by atoms with Gasteiger partial charge in [0, 0.05) is 0 Å². The van der Waals surface area contributed by atoms with E-state index in [-0.39, 0.29) is 5.56 Å². The molecule has 0 saturated heterocycles. The first-order valence-electron chi connectivity index (χ1n) is 7.84. The zero-order valence-corrected chi connectivity index (χ0v) is 15.3. The molecule has 0 unspecified atom stereocenters. The molecule has 0 aliphatic heterocycles. The van der Waals surface area contributed by atoms with Crippen LogP contribution in [-0.4, -0.2) is 36.3 Å². The van der Waals surface area contributed by atoms with Crippen LogP contribution >= 0.6 is 23.1 Å². The van der Waals surface area contributed by atoms with Gasteiger partial charge in [-0.1, -0.05) is 25.1 Å². The fourth-order valence-corrected chi connectivity index (χ4v) is 4.56. The van der Waals surface area contributed by atoms with Crippen molar-refractivity contribution in [1.29, 1.82) is 0 Å². The predicted molar refractivity (Wildman–Crippen MR) is 99.2 cm³/mol. The lowest BCUT2D eigenvalue weighted by atomic mass is 10.1. The third-order valence-corrected chi connectivity index (χ3v) is 5.85. The topological polar surface area (TPSA) is 93.8 Å². The van der Waals surface area contributed by atoms with Crippen LogP contribution in [0.3, 0.4) is 0 Å². The minimum Gasteiger partial charge on any atom is -0.478 e. The van der Waals surface area contributed by atoms with Gasteiger partial charge in [-0.05, 0) is 58.4 Å². The van der Waals surface area contributed by atoms with E-state index >= 15 is 0 Å². The molecule has 1 N–H and O–H groups in total. The third-order valence-electron chi connectivity index (χ3n) is 3.84. The van der Waals surface area contributed by atoms with Crippen molar-refractivity contribution < 1.29 is 9.90 Å². The quantitative estimate of drug-likeness (QED) is 0.562. The minimum absolute atomic E-state index is 0.249. The molecule has 2 aromatic heterocycles. The van der Waals surface area contributed by atoms with Crippen LogP contribution < -0.4 is 0 Å². The molecule has 130 valence electrons. The summed E-state index contributed by atoms with van der Waals surface area (Å²) in [5.74, 6) is -0.949. The Kier molecular flexibility index (Phi) is 4.39. The number of carboxylic acid groups (broad SMARTS) is 1. The summed E-state index contributed by atoms with van der Waals surface area (Å²) in [4.78, 5) is 15.7. The second-order valence-electron chi connectivity index (χ2n) is 5.43. The summed E-state index contributed by atoms with van der Waals surface area (Å²) in [5.41, 5.74) is 3.10. The number of tetrazole rings is 1. The van der Waals surface area contributed by atoms with Gasteiger partial charge in [-0.2, -0.15) is 4.68 Å². The maximum absolute atomic E-state index is 11.1. The van der Waals surface area contributed by atoms with Gasteiger partial charge in [-0.15, -0.1) is 16.4 Å². The average molecular weight is 383 g/mol. The fraction of sp³-hybridized carbons (Fsp3) is 0.118. The summed E-state index contributed by atoms with van der Waals surface area (Å²) >= 11 is 2.78. The largest absolute Gasteiger partial charge is 0.478 e. The molecule has 0 saturated carbocycles. The van der Waals surface area contributed by atoms with Crippen molar-refractivity contribution >= 4 is 39.3 Å². The van der Waals surface area contributed by atoms with Crippen molar-refractivity contribution in [2.45, 2.75) is 22.8 Å². The normalized spacial score (nSPS) is 11.1. The zero-order chi connectivity index (χ0) is 18.1. The Bertz CT molecular complexity index is 1110. The van der Waals surface area contributed by atoms with Gasteiger partial charge in [-0.3, -0.25) is 0 Å². The number of aromatic nitrogens is 5. The van der Waals surface area contributed by atoms with Crippen molar-refractivity contribution in [2.75, 3.05) is 0 Å². The number of hydrogen-bond acceptors (Lipinski definition) is 7. The third kappa shape index (κ3) is 3.06. The highest BCUT2D eigenvalue weighted by Crippen LogP contribution is 2.34. The summed E-state index contributed by atoms with van der Waals surface area (Å²) in [5, 5.41) is 21.8. The van der Waals surface area contributed by atoms with E-state index in [0.29, 0.717) is 5.16 Å². The van der Waals surface area contributed by atoms with Crippen molar-refractivity contribution in [1.82, 2.24) is 25.2 Å². The van der Waals surface area contributed by atoms with E-state index in [9.17, 15) is 4.79 Å². The standard InChI is InChI=1S/C17H13N5O2S2/c1-2-10-5-3-4-6-13(10)22-16(19-20-21-22)26-17-18-12-8-7-11(15(23)24)9-14(12)25-17/h3-9H,2H2,1H3,(H,23,24). The highest BCUT2D eigenvalue weighted by atomic mass is 32.2. The monoisotopic (exact) mass is 383 g/mol. The molecule has 0 atom stereocenters. The van der Waals surface area contributed by atoms with Gasteiger partial charge in [0.15, 0.2) is 4.34 Å². The van der Waals surface area contributed by atoms with E-state index in [1.165, 1.54) is 23.1 Å². The summed E-state index contributed by atoms with van der Waals surface area (Å²) in [6.07, 6.45) is 0.874. The van der Waals surface area contributed by atoms with Crippen LogP contribution in [0.1, 0.15) is 22.8 Å². The lowest BCUT2D eigenvalue weighted by Crippen LogP contribution is -2.02. The molecule has 0 spiro atoms. The number of aromatic carboxylic acids is 1. The molecule has 0 fully saturated rings. The summed E-state index contributed by atoms with van der Waals surface area (Å²) in [6.45, 7) is 2.09. The number of carbonyl (C=O) groups is 1. The van der Waals surface area contributed by atoms with Crippen LogP contribution in [0.15, 0.2) is 52.0 Å². The number of hydrogen-bond donors (Lipinski definition) is 1. The van der Waals surface area contributed by atoms with E-state index in [0.717, 1.165) is 32.2 Å². The minimum atomic E-state index is -0.949. The van der Waals surface area contributed by atoms with Crippen LogP contribution in [0.25, 0.3) is 15.9 Å². The molecule has 4 aromatic rings. The van der Waals surface area contributed by atoms with E-state index in [2.05, 4.69) is 33.5 Å². The highest BCUT2D eigenvalue weighted by molar-refractivity contribution is 8.01. The number of fused-ring (bicyclic) bond motifs is 1. The Hall–Kier alpha value is -2.78. The molecule has 7 nitrogen and oxygen atoms in total. The van der Waals surface area contributed by atoms with Gasteiger partial charge < -0.3 is 5.11 Å². The predicted octanol–water partition coefficient (Wildman–Crippen LogP) is 3.68. The van der Waals surface area contributed by atoms with Gasteiger partial charge in [0.2, 0.25) is 5.16 Å². The zero-order valence-electron chi connectivity index (χ0n) is 13.7. The van der Waals surface area contributed by atoms with Crippen molar-refractivity contribution in [3.63, 3.8) is 0 Å². The van der Waals surface area contributed by atoms with Crippen molar-refractivity contribution in [3.8, 4) is 5.69 Å². The molecule has 0 radical (unpaired) electrons. The molecule has 26 heavy (non-hydrogen) atoms. The Morgan fingerprint density at radius 2 is 2.12 bits per heavy atom. The smallest absolute Gasteiger partial charge is 0.335 e. The first-order chi connectivity index (χ1) is 12.7. The van der Waals surface area contributed by atoms with Gasteiger partial charge in [-0.25, -0.2) is 9.78 Å². The summed E-state index contributed by atoms with van der Waals surface area (Å²) in [6, 6.07) is 12.9. The highest BCUT2D eigenvalue weighted by Gasteiger charge is 2.15. The lowest BCUT2D eigenvalue weighted by molar-refractivity contribution is 0.0697. The van der Waals surface area contributed by atoms with Crippen LogP contribution in [0.4, 0.5) is 0 Å². The first-order valence-corrected chi connectivity index (χ1v) is 9.47. The molecular formula is C17H13N5O2S2. The molecule has 0 bridgehead atoms. The number of thiazole rings is 1. The SMILES string of the molecule is CCc1ccccc1-n1nnnc1Sc1nc2ccc(C(=O)O)cc2s1. The van der Waals surface area contributed by atoms with Crippen LogP contribution in [0.5, 0.6) is 0 Å². The van der Waals surface area contributed by atoms with Gasteiger partial charge in [0.05, 0.1) is 21.5 Å². The van der Waals surface area contributed by atoms with E-state index < -0.39 is 5.97 Å². The van der Waals surface area contributed by atoms with Crippen LogP contribution in [-0.2, 0) is 6.42 Å². The maximum Gasteiger partial charge on any atom is 0.335 e. The molecule has 0 aliphatic rings. The molecule has 9 heteroatoms. The van der Waals surface area contributed by atoms with Crippen molar-refractivity contribution in [2.24, 2.45) is 0 Å². The number of nitrogens with zero attached hydrogens (tertiary/aromatic N) is 5. The number of rotatable bonds is 5. The summed E-state index contributed by atoms with van der Waals surface area (Å²) < 4.78 is 3.28. The molecule has 2 aromatic carbocycles. The van der Waals surface area contributed by atoms with Crippen molar-refractivity contribution in [3.05, 3.63) is 53.6 Å². The Balaban J connectivity index is 1.70. The second-order valence-corrected chi connectivity index (χ2v) is 7.67. The average Bonchev–Trinajstić information content (AvgIpc) is 3.27. The Morgan fingerprint density at radius 1 is 1.27 bits per heavy atom. The molecule has 4 rings (SSSR count). The molecule has 0 aliphatic carbocycles. The lowest BCUT2D eigenvalue weighted by Gasteiger charge is -2.07. The Morgan fingerprint density at radius 3 is 2.92 bits per heavy atom. The summed E-state index contributed by atoms with van der Waals surface area (Å²) in [7, 11) is 0. The molecular weight excluding hydrogens is 370 g/mol. The van der Waals surface area contributed by atoms with Gasteiger partial charge >= 0.3 is 5.97 Å². The first kappa shape index (κ1) is 16.7.